The first-order valence-corrected chi connectivity index (χ1v) is 5.93. The van der Waals surface area contributed by atoms with Crippen molar-refractivity contribution in [3.63, 3.8) is 0 Å². The Bertz CT molecular complexity index is 303. The highest BCUT2D eigenvalue weighted by Gasteiger charge is 1.98. The lowest BCUT2D eigenvalue weighted by Crippen LogP contribution is -2.06. The molecule has 1 aromatic heterocycles. The number of unbranched alkanes of at least 4 members (excludes halogenated alkanes) is 1. The lowest BCUT2D eigenvalue weighted by atomic mass is 10.1. The summed E-state index contributed by atoms with van der Waals surface area (Å²) in [6, 6.07) is 1.77. The van der Waals surface area contributed by atoms with E-state index < -0.39 is 0 Å². The highest BCUT2D eigenvalue weighted by atomic mass is 15.0. The van der Waals surface area contributed by atoms with Crippen LogP contribution in [0.3, 0.4) is 0 Å². The third kappa shape index (κ3) is 4.96. The largest absolute Gasteiger partial charge is 0.384 e. The number of aromatic nitrogens is 2. The average Bonchev–Trinajstić information content (AvgIpc) is 2.15. The van der Waals surface area contributed by atoms with E-state index in [-0.39, 0.29) is 0 Å². The van der Waals surface area contributed by atoms with Gasteiger partial charge in [0.15, 0.2) is 0 Å². The molecule has 1 rings (SSSR count). The highest BCUT2D eigenvalue weighted by Crippen LogP contribution is 2.09. The quantitative estimate of drug-likeness (QED) is 0.726. The second-order valence-corrected chi connectivity index (χ2v) is 4.54. The zero-order chi connectivity index (χ0) is 12.0. The Morgan fingerprint density at radius 2 is 2.06 bits per heavy atom. The first-order chi connectivity index (χ1) is 7.58. The van der Waals surface area contributed by atoms with Gasteiger partial charge in [-0.1, -0.05) is 26.7 Å². The molecule has 0 radical (unpaired) electrons. The Morgan fingerprint density at radius 1 is 1.31 bits per heavy atom. The van der Waals surface area contributed by atoms with Gasteiger partial charge in [-0.15, -0.1) is 0 Å². The second kappa shape index (κ2) is 6.30. The van der Waals surface area contributed by atoms with Gasteiger partial charge >= 0.3 is 0 Å². The maximum atomic E-state index is 5.64. The van der Waals surface area contributed by atoms with Crippen LogP contribution in [0.2, 0.25) is 0 Å². The molecule has 1 heterocycles. The minimum Gasteiger partial charge on any atom is -0.384 e. The minimum atomic E-state index is 0.525. The first kappa shape index (κ1) is 12.7. The molecule has 0 bridgehead atoms. The summed E-state index contributed by atoms with van der Waals surface area (Å²) in [4.78, 5) is 8.29. The van der Waals surface area contributed by atoms with Gasteiger partial charge in [-0.2, -0.15) is 0 Å². The van der Waals surface area contributed by atoms with Crippen molar-refractivity contribution < 1.29 is 0 Å². The molecule has 4 nitrogen and oxygen atoms in total. The predicted octanol–water partition coefficient (Wildman–Crippen LogP) is 2.61. The van der Waals surface area contributed by atoms with E-state index in [1.54, 1.807) is 6.07 Å². The van der Waals surface area contributed by atoms with E-state index >= 15 is 0 Å². The van der Waals surface area contributed by atoms with Crippen molar-refractivity contribution in [3.05, 3.63) is 11.9 Å². The van der Waals surface area contributed by atoms with E-state index in [1.807, 2.05) is 6.92 Å². The smallest absolute Gasteiger partial charge is 0.131 e. The van der Waals surface area contributed by atoms with Crippen molar-refractivity contribution in [3.8, 4) is 0 Å². The molecule has 0 aliphatic rings. The Balaban J connectivity index is 2.26. The van der Waals surface area contributed by atoms with Gasteiger partial charge in [0.05, 0.1) is 0 Å². The minimum absolute atomic E-state index is 0.525. The third-order valence-corrected chi connectivity index (χ3v) is 2.37. The van der Waals surface area contributed by atoms with E-state index in [9.17, 15) is 0 Å². The molecule has 0 saturated carbocycles. The van der Waals surface area contributed by atoms with Gasteiger partial charge in [0, 0.05) is 12.6 Å². The number of rotatable bonds is 6. The van der Waals surface area contributed by atoms with Crippen LogP contribution in [0.4, 0.5) is 11.6 Å². The monoisotopic (exact) mass is 222 g/mol. The van der Waals surface area contributed by atoms with Crippen LogP contribution >= 0.6 is 0 Å². The van der Waals surface area contributed by atoms with Gasteiger partial charge in [-0.3, -0.25) is 0 Å². The molecule has 0 aliphatic heterocycles. The fraction of sp³-hybridized carbons (Fsp3) is 0.667. The van der Waals surface area contributed by atoms with E-state index in [2.05, 4.69) is 29.1 Å². The van der Waals surface area contributed by atoms with Crippen LogP contribution in [0.25, 0.3) is 0 Å². The van der Waals surface area contributed by atoms with Crippen molar-refractivity contribution >= 4 is 11.6 Å². The molecule has 1 aromatic rings. The molecule has 0 atom stereocenters. The standard InChI is InChI=1S/C12H22N4/c1-9(2)6-4-5-7-14-12-8-11(13)15-10(3)16-12/h8-9H,4-7H2,1-3H3,(H3,13,14,15,16). The van der Waals surface area contributed by atoms with Crippen molar-refractivity contribution in [1.82, 2.24) is 9.97 Å². The molecule has 0 aliphatic carbocycles. The average molecular weight is 222 g/mol. The van der Waals surface area contributed by atoms with Crippen LogP contribution in [0.5, 0.6) is 0 Å². The molecular weight excluding hydrogens is 200 g/mol. The Labute approximate surface area is 97.7 Å². The van der Waals surface area contributed by atoms with Crippen LogP contribution in [-0.2, 0) is 0 Å². The summed E-state index contributed by atoms with van der Waals surface area (Å²) in [5.74, 6) is 2.85. The van der Waals surface area contributed by atoms with Crippen molar-refractivity contribution in [1.29, 1.82) is 0 Å². The van der Waals surface area contributed by atoms with Gasteiger partial charge in [-0.05, 0) is 19.3 Å². The van der Waals surface area contributed by atoms with Crippen LogP contribution in [0, 0.1) is 12.8 Å². The Kier molecular flexibility index (Phi) is 5.02. The normalized spacial score (nSPS) is 10.8. The summed E-state index contributed by atoms with van der Waals surface area (Å²) in [6.07, 6.45) is 3.71. The Morgan fingerprint density at radius 3 is 2.69 bits per heavy atom. The van der Waals surface area contributed by atoms with Crippen LogP contribution in [0.15, 0.2) is 6.07 Å². The third-order valence-electron chi connectivity index (χ3n) is 2.37. The van der Waals surface area contributed by atoms with Gasteiger partial charge in [0.1, 0.15) is 17.5 Å². The van der Waals surface area contributed by atoms with E-state index in [0.29, 0.717) is 11.6 Å². The number of nitrogens with two attached hydrogens (primary N) is 1. The van der Waals surface area contributed by atoms with Crippen molar-refractivity contribution in [2.75, 3.05) is 17.6 Å². The number of nitrogens with one attached hydrogen (secondary N) is 1. The molecular formula is C12H22N4. The van der Waals surface area contributed by atoms with E-state index in [1.165, 1.54) is 19.3 Å². The summed E-state index contributed by atoms with van der Waals surface area (Å²) in [5.41, 5.74) is 5.64. The van der Waals surface area contributed by atoms with Gasteiger partial charge in [0.2, 0.25) is 0 Å². The molecule has 4 heteroatoms. The maximum absolute atomic E-state index is 5.64. The number of nitrogen functional groups attached to an aromatic ring is 1. The molecule has 0 saturated heterocycles. The number of hydrogen-bond donors (Lipinski definition) is 2. The van der Waals surface area contributed by atoms with Crippen LogP contribution < -0.4 is 11.1 Å². The van der Waals surface area contributed by atoms with Crippen molar-refractivity contribution in [2.45, 2.75) is 40.0 Å². The van der Waals surface area contributed by atoms with Gasteiger partial charge in [0.25, 0.3) is 0 Å². The van der Waals surface area contributed by atoms with E-state index in [0.717, 1.165) is 18.3 Å². The van der Waals surface area contributed by atoms with Crippen LogP contribution in [-0.4, -0.2) is 16.5 Å². The second-order valence-electron chi connectivity index (χ2n) is 4.54. The van der Waals surface area contributed by atoms with Crippen molar-refractivity contribution in [2.24, 2.45) is 5.92 Å². The summed E-state index contributed by atoms with van der Waals surface area (Å²) < 4.78 is 0. The first-order valence-electron chi connectivity index (χ1n) is 5.93. The summed E-state index contributed by atoms with van der Waals surface area (Å²) in [6.45, 7) is 7.30. The van der Waals surface area contributed by atoms with E-state index in [4.69, 9.17) is 5.73 Å². The van der Waals surface area contributed by atoms with Gasteiger partial charge in [-0.25, -0.2) is 9.97 Å². The fourth-order valence-electron chi connectivity index (χ4n) is 1.58. The number of nitrogens with zero attached hydrogens (tertiary/aromatic N) is 2. The molecule has 0 fully saturated rings. The lowest BCUT2D eigenvalue weighted by molar-refractivity contribution is 0.544. The zero-order valence-electron chi connectivity index (χ0n) is 10.5. The summed E-state index contributed by atoms with van der Waals surface area (Å²) in [7, 11) is 0. The molecule has 0 amide bonds. The topological polar surface area (TPSA) is 63.8 Å². The predicted molar refractivity (Wildman–Crippen MR) is 68.4 cm³/mol. The van der Waals surface area contributed by atoms with Crippen LogP contribution in [0.1, 0.15) is 38.9 Å². The molecule has 16 heavy (non-hydrogen) atoms. The maximum Gasteiger partial charge on any atom is 0.131 e. The SMILES string of the molecule is Cc1nc(N)cc(NCCCCC(C)C)n1. The number of anilines is 2. The Hall–Kier alpha value is -1.32. The summed E-state index contributed by atoms with van der Waals surface area (Å²) >= 11 is 0. The van der Waals surface area contributed by atoms with Gasteiger partial charge < -0.3 is 11.1 Å². The molecule has 0 aromatic carbocycles. The fourth-order valence-corrected chi connectivity index (χ4v) is 1.58. The molecule has 0 spiro atoms. The lowest BCUT2D eigenvalue weighted by Gasteiger charge is -2.07. The highest BCUT2D eigenvalue weighted by molar-refractivity contribution is 5.44. The number of hydrogen-bond acceptors (Lipinski definition) is 4. The zero-order valence-corrected chi connectivity index (χ0v) is 10.5. The summed E-state index contributed by atoms with van der Waals surface area (Å²) in [5, 5.41) is 3.27. The molecule has 3 N–H and O–H groups in total. The molecule has 0 unspecified atom stereocenters. The molecule has 90 valence electrons. The number of aryl methyl sites for hydroxylation is 1.